The summed E-state index contributed by atoms with van der Waals surface area (Å²) in [4.78, 5) is 23.4. The molecule has 0 aromatic heterocycles. The summed E-state index contributed by atoms with van der Waals surface area (Å²) in [5.74, 6) is 0.932. The number of amides is 1. The van der Waals surface area contributed by atoms with Gasteiger partial charge in [0.25, 0.3) is 0 Å². The van der Waals surface area contributed by atoms with Crippen molar-refractivity contribution in [3.63, 3.8) is 0 Å². The summed E-state index contributed by atoms with van der Waals surface area (Å²) in [5, 5.41) is 11.2. The molecule has 1 amide bonds. The van der Waals surface area contributed by atoms with E-state index in [1.54, 1.807) is 6.08 Å². The predicted octanol–water partition coefficient (Wildman–Crippen LogP) is 1.19. The van der Waals surface area contributed by atoms with Crippen LogP contribution in [0, 0.1) is 11.8 Å². The molecule has 2 aliphatic carbocycles. The summed E-state index contributed by atoms with van der Waals surface area (Å²) >= 11 is 0. The molecule has 0 unspecified atom stereocenters. The molecule has 0 bridgehead atoms. The second-order valence-corrected chi connectivity index (χ2v) is 5.29. The van der Waals surface area contributed by atoms with Gasteiger partial charge in [0.15, 0.2) is 0 Å². The fraction of sp³-hybridized carbons (Fsp3) is 0.714. The number of aliphatic hydroxyl groups is 1. The molecule has 2 atom stereocenters. The third-order valence-corrected chi connectivity index (χ3v) is 4.05. The predicted molar refractivity (Wildman–Crippen MR) is 67.9 cm³/mol. The van der Waals surface area contributed by atoms with Gasteiger partial charge in [-0.3, -0.25) is 9.59 Å². The minimum Gasteiger partial charge on any atom is -0.395 e. The van der Waals surface area contributed by atoms with Crippen molar-refractivity contribution in [3.8, 4) is 0 Å². The van der Waals surface area contributed by atoms with Crippen molar-refractivity contribution in [2.75, 3.05) is 13.2 Å². The van der Waals surface area contributed by atoms with Crippen LogP contribution in [0.2, 0.25) is 0 Å². The van der Waals surface area contributed by atoms with Gasteiger partial charge in [0, 0.05) is 25.0 Å². The normalized spacial score (nSPS) is 30.1. The van der Waals surface area contributed by atoms with Crippen LogP contribution >= 0.6 is 0 Å². The van der Waals surface area contributed by atoms with E-state index in [-0.39, 0.29) is 25.0 Å². The number of carbonyl (C=O) groups is 2. The maximum Gasteiger partial charge on any atom is 0.244 e. The number of hydrogen-bond donors (Lipinski definition) is 2. The first-order chi connectivity index (χ1) is 8.70. The molecule has 0 aromatic rings. The van der Waals surface area contributed by atoms with Crippen molar-refractivity contribution in [2.24, 2.45) is 11.8 Å². The zero-order valence-corrected chi connectivity index (χ0v) is 10.7. The highest BCUT2D eigenvalue weighted by Gasteiger charge is 2.35. The van der Waals surface area contributed by atoms with Crippen LogP contribution in [0.15, 0.2) is 11.6 Å². The molecule has 0 aromatic carbocycles. The van der Waals surface area contributed by atoms with E-state index in [9.17, 15) is 9.59 Å². The van der Waals surface area contributed by atoms with E-state index in [0.29, 0.717) is 18.1 Å². The zero-order chi connectivity index (χ0) is 13.0. The molecule has 2 aliphatic rings. The number of rotatable bonds is 3. The quantitative estimate of drug-likeness (QED) is 0.740. The number of allylic oxidation sites excluding steroid dienone is 1. The summed E-state index contributed by atoms with van der Waals surface area (Å²) in [5.41, 5.74) is 1.09. The summed E-state index contributed by atoms with van der Waals surface area (Å²) in [6.45, 7) is 0.242. The van der Waals surface area contributed by atoms with Crippen molar-refractivity contribution < 1.29 is 14.7 Å². The van der Waals surface area contributed by atoms with Gasteiger partial charge in [-0.1, -0.05) is 5.57 Å². The number of aliphatic hydroxyl groups excluding tert-OH is 1. The van der Waals surface area contributed by atoms with Gasteiger partial charge in [0.05, 0.1) is 6.61 Å². The summed E-state index contributed by atoms with van der Waals surface area (Å²) in [6.07, 6.45) is 7.27. The Balaban J connectivity index is 1.94. The second kappa shape index (κ2) is 6.14. The zero-order valence-electron chi connectivity index (χ0n) is 10.7. The first-order valence-corrected chi connectivity index (χ1v) is 6.81. The Bertz CT molecular complexity index is 362. The van der Waals surface area contributed by atoms with Crippen molar-refractivity contribution >= 4 is 11.7 Å². The topological polar surface area (TPSA) is 66.4 Å². The molecule has 2 rings (SSSR count). The monoisotopic (exact) mass is 251 g/mol. The van der Waals surface area contributed by atoms with Gasteiger partial charge in [0.1, 0.15) is 5.78 Å². The van der Waals surface area contributed by atoms with Crippen LogP contribution in [-0.2, 0) is 9.59 Å². The number of ketones is 1. The van der Waals surface area contributed by atoms with Crippen LogP contribution in [0.25, 0.3) is 0 Å². The van der Waals surface area contributed by atoms with E-state index in [1.807, 2.05) is 0 Å². The van der Waals surface area contributed by atoms with Crippen LogP contribution in [0.3, 0.4) is 0 Å². The van der Waals surface area contributed by atoms with Crippen LogP contribution in [0.5, 0.6) is 0 Å². The highest BCUT2D eigenvalue weighted by Crippen LogP contribution is 2.40. The molecule has 100 valence electrons. The van der Waals surface area contributed by atoms with Gasteiger partial charge >= 0.3 is 0 Å². The van der Waals surface area contributed by atoms with Crippen LogP contribution < -0.4 is 5.32 Å². The van der Waals surface area contributed by atoms with E-state index in [0.717, 1.165) is 31.3 Å². The number of fused-ring (bicyclic) bond motifs is 1. The average Bonchev–Trinajstić information content (AvgIpc) is 2.37. The smallest absolute Gasteiger partial charge is 0.244 e. The van der Waals surface area contributed by atoms with Crippen molar-refractivity contribution in [1.29, 1.82) is 0 Å². The molecule has 2 saturated carbocycles. The average molecular weight is 251 g/mol. The largest absolute Gasteiger partial charge is 0.395 e. The highest BCUT2D eigenvalue weighted by molar-refractivity contribution is 5.88. The van der Waals surface area contributed by atoms with Crippen molar-refractivity contribution in [2.45, 2.75) is 38.5 Å². The number of Topliss-reactive ketones (excluding diaryl/α,β-unsaturated/α-hetero) is 1. The third kappa shape index (κ3) is 3.19. The third-order valence-electron chi connectivity index (χ3n) is 4.05. The second-order valence-electron chi connectivity index (χ2n) is 5.29. The molecule has 18 heavy (non-hydrogen) atoms. The molecule has 0 heterocycles. The molecule has 0 aliphatic heterocycles. The van der Waals surface area contributed by atoms with Crippen LogP contribution in [0.1, 0.15) is 38.5 Å². The molecule has 4 nitrogen and oxygen atoms in total. The minimum atomic E-state index is -0.152. The Morgan fingerprint density at radius 2 is 2.22 bits per heavy atom. The van der Waals surface area contributed by atoms with Crippen molar-refractivity contribution in [1.82, 2.24) is 5.32 Å². The van der Waals surface area contributed by atoms with E-state index >= 15 is 0 Å². The maximum atomic E-state index is 11.9. The number of nitrogens with one attached hydrogen (secondary N) is 1. The van der Waals surface area contributed by atoms with Gasteiger partial charge in [0.2, 0.25) is 5.91 Å². The summed E-state index contributed by atoms with van der Waals surface area (Å²) in [6, 6.07) is 0. The highest BCUT2D eigenvalue weighted by atomic mass is 16.3. The molecule has 0 radical (unpaired) electrons. The van der Waals surface area contributed by atoms with Gasteiger partial charge < -0.3 is 10.4 Å². The Labute approximate surface area is 107 Å². The summed E-state index contributed by atoms with van der Waals surface area (Å²) in [7, 11) is 0. The molecule has 2 N–H and O–H groups in total. The first kappa shape index (κ1) is 13.3. The Morgan fingerprint density at radius 3 is 3.00 bits per heavy atom. The van der Waals surface area contributed by atoms with Gasteiger partial charge in [-0.05, 0) is 38.0 Å². The number of carbonyl (C=O) groups excluding carboxylic acids is 2. The van der Waals surface area contributed by atoms with E-state index in [1.165, 1.54) is 6.42 Å². The molecular weight excluding hydrogens is 230 g/mol. The first-order valence-electron chi connectivity index (χ1n) is 6.81. The van der Waals surface area contributed by atoms with Crippen molar-refractivity contribution in [3.05, 3.63) is 11.6 Å². The SMILES string of the molecule is O=C(/C=C1\CC[C@@H]2CCCC(=O)[C@H]2C1)NCCO. The molecule has 2 fully saturated rings. The Kier molecular flexibility index (Phi) is 4.53. The lowest BCUT2D eigenvalue weighted by atomic mass is 9.69. The molecule has 0 spiro atoms. The molecule has 4 heteroatoms. The Hall–Kier alpha value is -1.16. The van der Waals surface area contributed by atoms with Gasteiger partial charge in [-0.2, -0.15) is 0 Å². The summed E-state index contributed by atoms with van der Waals surface area (Å²) < 4.78 is 0. The number of hydrogen-bond acceptors (Lipinski definition) is 3. The minimum absolute atomic E-state index is 0.0436. The lowest BCUT2D eigenvalue weighted by Gasteiger charge is -2.35. The van der Waals surface area contributed by atoms with Crippen LogP contribution in [0.4, 0.5) is 0 Å². The van der Waals surface area contributed by atoms with E-state index in [4.69, 9.17) is 5.11 Å². The van der Waals surface area contributed by atoms with Gasteiger partial charge in [-0.25, -0.2) is 0 Å². The fourth-order valence-corrected chi connectivity index (χ4v) is 3.12. The fourth-order valence-electron chi connectivity index (χ4n) is 3.12. The van der Waals surface area contributed by atoms with Crippen LogP contribution in [-0.4, -0.2) is 29.9 Å². The van der Waals surface area contributed by atoms with E-state index < -0.39 is 0 Å². The van der Waals surface area contributed by atoms with E-state index in [2.05, 4.69) is 5.32 Å². The standard InChI is InChI=1S/C14H21NO3/c16-7-6-15-14(18)9-10-4-5-11-2-1-3-13(17)12(11)8-10/h9,11-12,16H,1-8H2,(H,15,18)/b10-9+/t11-,12-/m0/s1. The Morgan fingerprint density at radius 1 is 1.39 bits per heavy atom. The molecular formula is C14H21NO3. The molecule has 0 saturated heterocycles. The van der Waals surface area contributed by atoms with Gasteiger partial charge in [-0.15, -0.1) is 0 Å². The maximum absolute atomic E-state index is 11.9. The lowest BCUT2D eigenvalue weighted by molar-refractivity contribution is -0.127. The lowest BCUT2D eigenvalue weighted by Crippen LogP contribution is -2.32.